The number of rotatable bonds is 5. The predicted molar refractivity (Wildman–Crippen MR) is 92.7 cm³/mol. The topological polar surface area (TPSA) is 125 Å². The molecule has 10 heteroatoms. The molecule has 0 aliphatic carbocycles. The van der Waals surface area contributed by atoms with Gasteiger partial charge in [-0.15, -0.1) is 0 Å². The van der Waals surface area contributed by atoms with Crippen molar-refractivity contribution in [2.45, 2.75) is 6.54 Å². The van der Waals surface area contributed by atoms with E-state index >= 15 is 0 Å². The van der Waals surface area contributed by atoms with E-state index in [2.05, 4.69) is 30.4 Å². The Morgan fingerprint density at radius 3 is 2.69 bits per heavy atom. The van der Waals surface area contributed by atoms with Crippen molar-refractivity contribution in [2.75, 3.05) is 5.32 Å². The first-order chi connectivity index (χ1) is 12.7. The molecule has 4 rings (SSSR count). The quantitative estimate of drug-likeness (QED) is 0.429. The summed E-state index contributed by atoms with van der Waals surface area (Å²) < 4.78 is 1.51. The molecule has 0 bridgehead atoms. The fraction of sp³-hybridized carbons (Fsp3) is 0.0625. The molecule has 0 aliphatic heterocycles. The highest BCUT2D eigenvalue weighted by molar-refractivity contribution is 5.86. The lowest BCUT2D eigenvalue weighted by molar-refractivity contribution is -0.385. The van der Waals surface area contributed by atoms with E-state index < -0.39 is 4.92 Å². The van der Waals surface area contributed by atoms with Crippen LogP contribution in [0.2, 0.25) is 0 Å². The summed E-state index contributed by atoms with van der Waals surface area (Å²) in [6, 6.07) is 8.27. The summed E-state index contributed by atoms with van der Waals surface area (Å²) in [6.45, 7) is 0.246. The molecule has 0 amide bonds. The maximum absolute atomic E-state index is 11.1. The Kier molecular flexibility index (Phi) is 3.90. The van der Waals surface area contributed by atoms with E-state index in [1.807, 2.05) is 0 Å². The summed E-state index contributed by atoms with van der Waals surface area (Å²) in [5.74, 6) is 0.918. The van der Waals surface area contributed by atoms with Crippen LogP contribution in [-0.4, -0.2) is 34.6 Å². The van der Waals surface area contributed by atoms with E-state index in [4.69, 9.17) is 0 Å². The van der Waals surface area contributed by atoms with Gasteiger partial charge < -0.3 is 5.32 Å². The summed E-state index contributed by atoms with van der Waals surface area (Å²) >= 11 is 0. The molecule has 10 nitrogen and oxygen atoms in total. The summed E-state index contributed by atoms with van der Waals surface area (Å²) in [5, 5.41) is 19.2. The van der Waals surface area contributed by atoms with E-state index in [0.717, 1.165) is 0 Å². The van der Waals surface area contributed by atoms with Crippen LogP contribution in [0.25, 0.3) is 17.0 Å². The van der Waals surface area contributed by atoms with E-state index in [1.54, 1.807) is 42.9 Å². The molecule has 1 N–H and O–H groups in total. The van der Waals surface area contributed by atoms with Crippen LogP contribution in [0.15, 0.2) is 55.2 Å². The number of nitrogens with one attached hydrogen (secondary N) is 1. The Labute approximate surface area is 146 Å². The zero-order valence-corrected chi connectivity index (χ0v) is 13.4. The molecule has 0 radical (unpaired) electrons. The second-order valence-electron chi connectivity index (χ2n) is 5.30. The van der Waals surface area contributed by atoms with Crippen LogP contribution in [0, 0.1) is 10.1 Å². The molecular weight excluding hydrogens is 336 g/mol. The van der Waals surface area contributed by atoms with Crippen LogP contribution in [0.1, 0.15) is 5.56 Å². The lowest BCUT2D eigenvalue weighted by Crippen LogP contribution is -2.06. The number of anilines is 1. The smallest absolute Gasteiger partial charge is 0.274 e. The Bertz CT molecular complexity index is 1080. The minimum absolute atomic E-state index is 0.0543. The molecule has 0 fully saturated rings. The second-order valence-corrected chi connectivity index (χ2v) is 5.30. The Balaban J connectivity index is 1.67. The van der Waals surface area contributed by atoms with Crippen LogP contribution >= 0.6 is 0 Å². The number of aromatic nitrogens is 6. The number of hydrogen-bond acceptors (Lipinski definition) is 8. The highest BCUT2D eigenvalue weighted by Crippen LogP contribution is 2.23. The van der Waals surface area contributed by atoms with Crippen molar-refractivity contribution in [3.8, 4) is 5.95 Å². The number of hydrogen-bond donors (Lipinski definition) is 1. The standard InChI is InChI=1S/C16H12N8O2/c25-24(26)13-5-2-1-4-11(13)8-19-14-12-9-22-23(15(12)21-10-20-14)16-17-6-3-7-18-16/h1-7,9-10H,8H2,(H,19,20,21). The molecule has 0 saturated heterocycles. The molecule has 26 heavy (non-hydrogen) atoms. The fourth-order valence-corrected chi connectivity index (χ4v) is 2.55. The molecule has 3 heterocycles. The molecule has 0 spiro atoms. The van der Waals surface area contributed by atoms with Crippen molar-refractivity contribution in [2.24, 2.45) is 0 Å². The minimum Gasteiger partial charge on any atom is -0.365 e. The summed E-state index contributed by atoms with van der Waals surface area (Å²) in [4.78, 5) is 27.5. The average molecular weight is 348 g/mol. The van der Waals surface area contributed by atoms with E-state index in [1.165, 1.54) is 17.1 Å². The van der Waals surface area contributed by atoms with Crippen molar-refractivity contribution in [3.05, 3.63) is 70.9 Å². The number of benzene rings is 1. The van der Waals surface area contributed by atoms with Gasteiger partial charge in [-0.2, -0.15) is 9.78 Å². The fourth-order valence-electron chi connectivity index (χ4n) is 2.55. The second kappa shape index (κ2) is 6.51. The summed E-state index contributed by atoms with van der Waals surface area (Å²) in [5.41, 5.74) is 1.15. The van der Waals surface area contributed by atoms with Gasteiger partial charge in [-0.1, -0.05) is 18.2 Å². The van der Waals surface area contributed by atoms with Gasteiger partial charge >= 0.3 is 0 Å². The van der Waals surface area contributed by atoms with Gasteiger partial charge in [0, 0.05) is 30.6 Å². The highest BCUT2D eigenvalue weighted by Gasteiger charge is 2.15. The molecule has 0 unspecified atom stereocenters. The normalized spacial score (nSPS) is 10.8. The SMILES string of the molecule is O=[N+]([O-])c1ccccc1CNc1ncnc2c1cnn2-c1ncccn1. The van der Waals surface area contributed by atoms with Crippen molar-refractivity contribution >= 4 is 22.5 Å². The highest BCUT2D eigenvalue weighted by atomic mass is 16.6. The monoisotopic (exact) mass is 348 g/mol. The first-order valence-electron chi connectivity index (χ1n) is 7.66. The summed E-state index contributed by atoms with van der Waals surface area (Å²) in [6.07, 6.45) is 6.23. The molecule has 4 aromatic rings. The van der Waals surface area contributed by atoms with E-state index in [0.29, 0.717) is 28.4 Å². The van der Waals surface area contributed by atoms with Gasteiger partial charge in [0.25, 0.3) is 11.6 Å². The van der Waals surface area contributed by atoms with Crippen molar-refractivity contribution in [3.63, 3.8) is 0 Å². The maximum Gasteiger partial charge on any atom is 0.274 e. The van der Waals surface area contributed by atoms with Gasteiger partial charge in [0.15, 0.2) is 5.65 Å². The van der Waals surface area contributed by atoms with Crippen LogP contribution in [0.3, 0.4) is 0 Å². The number of nitrogens with zero attached hydrogens (tertiary/aromatic N) is 7. The van der Waals surface area contributed by atoms with Crippen molar-refractivity contribution in [1.29, 1.82) is 0 Å². The van der Waals surface area contributed by atoms with Gasteiger partial charge in [0.2, 0.25) is 0 Å². The predicted octanol–water partition coefficient (Wildman–Crippen LogP) is 2.13. The van der Waals surface area contributed by atoms with E-state index in [9.17, 15) is 10.1 Å². The molecular formula is C16H12N8O2. The molecule has 1 aromatic carbocycles. The number of para-hydroxylation sites is 1. The summed E-state index contributed by atoms with van der Waals surface area (Å²) in [7, 11) is 0. The Hall–Kier alpha value is -3.95. The van der Waals surface area contributed by atoms with E-state index in [-0.39, 0.29) is 12.2 Å². The third-order valence-corrected chi connectivity index (χ3v) is 3.74. The zero-order valence-electron chi connectivity index (χ0n) is 13.4. The van der Waals surface area contributed by atoms with Gasteiger partial charge in [-0.05, 0) is 6.07 Å². The lowest BCUT2D eigenvalue weighted by Gasteiger charge is -2.07. The molecule has 0 aliphatic rings. The van der Waals surface area contributed by atoms with Gasteiger partial charge in [-0.25, -0.2) is 19.9 Å². The van der Waals surface area contributed by atoms with Crippen molar-refractivity contribution in [1.82, 2.24) is 29.7 Å². The largest absolute Gasteiger partial charge is 0.365 e. The zero-order chi connectivity index (χ0) is 17.9. The molecule has 128 valence electrons. The first kappa shape index (κ1) is 15.6. The molecule has 0 atom stereocenters. The van der Waals surface area contributed by atoms with Crippen LogP contribution in [-0.2, 0) is 6.54 Å². The minimum atomic E-state index is -0.405. The van der Waals surface area contributed by atoms with Crippen molar-refractivity contribution < 1.29 is 4.92 Å². The van der Waals surface area contributed by atoms with Gasteiger partial charge in [0.1, 0.15) is 12.1 Å². The number of fused-ring (bicyclic) bond motifs is 1. The molecule has 0 saturated carbocycles. The third-order valence-electron chi connectivity index (χ3n) is 3.74. The Morgan fingerprint density at radius 2 is 1.88 bits per heavy atom. The lowest BCUT2D eigenvalue weighted by atomic mass is 10.2. The van der Waals surface area contributed by atoms with Crippen LogP contribution in [0.4, 0.5) is 11.5 Å². The number of nitro groups is 1. The van der Waals surface area contributed by atoms with Crippen LogP contribution < -0.4 is 5.32 Å². The van der Waals surface area contributed by atoms with Gasteiger partial charge in [-0.3, -0.25) is 10.1 Å². The average Bonchev–Trinajstić information content (AvgIpc) is 3.12. The first-order valence-corrected chi connectivity index (χ1v) is 7.66. The van der Waals surface area contributed by atoms with Crippen LogP contribution in [0.5, 0.6) is 0 Å². The van der Waals surface area contributed by atoms with Gasteiger partial charge in [0.05, 0.1) is 16.5 Å². The molecule has 3 aromatic heterocycles. The number of nitro benzene ring substituents is 1. The Morgan fingerprint density at radius 1 is 1.08 bits per heavy atom. The maximum atomic E-state index is 11.1. The third kappa shape index (κ3) is 2.79.